The van der Waals surface area contributed by atoms with Gasteiger partial charge in [0.05, 0.1) is 17.6 Å². The maximum absolute atomic E-state index is 14.2. The summed E-state index contributed by atoms with van der Waals surface area (Å²) in [5, 5.41) is 15.2. The molecule has 3 aromatic rings. The lowest BCUT2D eigenvalue weighted by molar-refractivity contribution is -0.384. The highest BCUT2D eigenvalue weighted by Gasteiger charge is 2.38. The molecule has 10 heteroatoms. The van der Waals surface area contributed by atoms with Crippen LogP contribution < -0.4 is 5.32 Å². The molecule has 0 aliphatic rings. The highest BCUT2D eigenvalue weighted by atomic mass is 16.6. The van der Waals surface area contributed by atoms with Gasteiger partial charge in [0.2, 0.25) is 5.91 Å². The Balaban J connectivity index is 2.10. The van der Waals surface area contributed by atoms with Crippen molar-refractivity contribution in [2.45, 2.75) is 60.5 Å². The van der Waals surface area contributed by atoms with Crippen molar-refractivity contribution < 1.29 is 24.0 Å². The minimum absolute atomic E-state index is 0.0340. The third-order valence-corrected chi connectivity index (χ3v) is 7.56. The summed E-state index contributed by atoms with van der Waals surface area (Å²) in [6.07, 6.45) is 1.73. The van der Waals surface area contributed by atoms with Crippen molar-refractivity contribution in [2.24, 2.45) is 18.4 Å². The van der Waals surface area contributed by atoms with Gasteiger partial charge in [-0.15, -0.1) is 0 Å². The molecule has 0 unspecified atom stereocenters. The molecule has 0 saturated carbocycles. The molecule has 0 saturated heterocycles. The molecule has 2 amide bonds. The molecule has 0 radical (unpaired) electrons. The van der Waals surface area contributed by atoms with Crippen LogP contribution in [0.25, 0.3) is 22.0 Å². The zero-order chi connectivity index (χ0) is 32.2. The summed E-state index contributed by atoms with van der Waals surface area (Å²) in [5.41, 5.74) is 1.81. The first-order valence-electron chi connectivity index (χ1n) is 14.3. The molecular weight excluding hydrogens is 548 g/mol. The Bertz CT molecular complexity index is 1550. The van der Waals surface area contributed by atoms with E-state index < -0.39 is 34.3 Å². The van der Waals surface area contributed by atoms with Crippen molar-refractivity contribution in [3.05, 3.63) is 76.0 Å². The van der Waals surface area contributed by atoms with Crippen LogP contribution in [0.2, 0.25) is 0 Å². The molecule has 0 bridgehead atoms. The van der Waals surface area contributed by atoms with Gasteiger partial charge in [0, 0.05) is 48.3 Å². The lowest BCUT2D eigenvalue weighted by atomic mass is 9.85. The van der Waals surface area contributed by atoms with Crippen LogP contribution in [-0.4, -0.2) is 57.9 Å². The molecule has 230 valence electrons. The number of aromatic nitrogens is 1. The SMILES string of the molecule is CCOC(=O)/C(C)=C/[C@H](C(C)C)N(C)C(=O)[C@@H](NC(=O)c1c(-c2ccccc2)c2cc([N+](=O)[O-])ccc2n1C)C(C)(C)C. The fourth-order valence-electron chi connectivity index (χ4n) is 5.23. The number of hydrogen-bond donors (Lipinski definition) is 1. The van der Waals surface area contributed by atoms with Crippen LogP contribution in [-0.2, 0) is 21.4 Å². The summed E-state index contributed by atoms with van der Waals surface area (Å²) in [6.45, 7) is 13.2. The molecule has 3 rings (SSSR count). The predicted octanol–water partition coefficient (Wildman–Crippen LogP) is 5.89. The van der Waals surface area contributed by atoms with E-state index in [-0.39, 0.29) is 29.8 Å². The number of nitro groups is 1. The van der Waals surface area contributed by atoms with Crippen LogP contribution in [0.3, 0.4) is 0 Å². The summed E-state index contributed by atoms with van der Waals surface area (Å²) >= 11 is 0. The maximum Gasteiger partial charge on any atom is 0.333 e. The second kappa shape index (κ2) is 13.2. The standard InChI is InChI=1S/C33H42N4O6/c1-10-43-32(40)21(4)18-26(20(2)3)36(9)31(39)29(33(5,6)7)34-30(38)28-27(22-14-12-11-13-15-22)24-19-23(37(41)42)16-17-25(24)35(28)8/h11-20,26,29H,10H2,1-9H3,(H,34,38)/b21-18+/t26-,29-/m1/s1. The minimum Gasteiger partial charge on any atom is -0.463 e. The Kier molecular flexibility index (Phi) is 10.2. The Morgan fingerprint density at radius 3 is 2.28 bits per heavy atom. The number of aryl methyl sites for hydroxylation is 1. The van der Waals surface area contributed by atoms with Crippen LogP contribution in [0.1, 0.15) is 59.0 Å². The smallest absolute Gasteiger partial charge is 0.333 e. The van der Waals surface area contributed by atoms with Crippen molar-refractivity contribution in [3.8, 4) is 11.1 Å². The summed E-state index contributed by atoms with van der Waals surface area (Å²) in [5.74, 6) is -1.28. The Labute approximate surface area is 252 Å². The lowest BCUT2D eigenvalue weighted by Gasteiger charge is -2.37. The normalized spacial score (nSPS) is 13.5. The summed E-state index contributed by atoms with van der Waals surface area (Å²) in [7, 11) is 3.39. The number of benzene rings is 2. The van der Waals surface area contributed by atoms with E-state index >= 15 is 0 Å². The number of esters is 1. The number of amides is 2. The van der Waals surface area contributed by atoms with Gasteiger partial charge in [-0.3, -0.25) is 19.7 Å². The van der Waals surface area contributed by atoms with Gasteiger partial charge < -0.3 is 19.5 Å². The van der Waals surface area contributed by atoms with E-state index in [0.29, 0.717) is 27.6 Å². The first-order valence-corrected chi connectivity index (χ1v) is 14.3. The van der Waals surface area contributed by atoms with Gasteiger partial charge in [0.15, 0.2) is 0 Å². The van der Waals surface area contributed by atoms with Gasteiger partial charge >= 0.3 is 5.97 Å². The number of fused-ring (bicyclic) bond motifs is 1. The van der Waals surface area contributed by atoms with Crippen molar-refractivity contribution in [3.63, 3.8) is 0 Å². The van der Waals surface area contributed by atoms with Crippen LogP contribution in [0, 0.1) is 21.4 Å². The Morgan fingerprint density at radius 2 is 1.74 bits per heavy atom. The Hall–Kier alpha value is -4.47. The van der Waals surface area contributed by atoms with E-state index in [1.165, 1.54) is 12.1 Å². The number of likely N-dealkylation sites (N-methyl/N-ethyl adjacent to an activating group) is 1. The molecule has 0 fully saturated rings. The average molecular weight is 591 g/mol. The number of carbonyl (C=O) groups excluding carboxylic acids is 3. The molecule has 0 aliphatic heterocycles. The van der Waals surface area contributed by atoms with Crippen molar-refractivity contribution in [1.82, 2.24) is 14.8 Å². The molecule has 1 N–H and O–H groups in total. The minimum atomic E-state index is -0.932. The van der Waals surface area contributed by atoms with Crippen molar-refractivity contribution in [1.29, 1.82) is 0 Å². The number of carbonyl (C=O) groups is 3. The van der Waals surface area contributed by atoms with E-state index in [4.69, 9.17) is 4.74 Å². The average Bonchev–Trinajstić information content (AvgIpc) is 3.24. The number of hydrogen-bond acceptors (Lipinski definition) is 6. The van der Waals surface area contributed by atoms with Crippen LogP contribution in [0.4, 0.5) is 5.69 Å². The number of nitrogens with zero attached hydrogens (tertiary/aromatic N) is 3. The second-order valence-corrected chi connectivity index (χ2v) is 12.1. The van der Waals surface area contributed by atoms with Crippen molar-refractivity contribution >= 4 is 34.4 Å². The fraction of sp³-hybridized carbons (Fsp3) is 0.424. The lowest BCUT2D eigenvalue weighted by Crippen LogP contribution is -2.56. The fourth-order valence-corrected chi connectivity index (χ4v) is 5.23. The van der Waals surface area contributed by atoms with Gasteiger partial charge in [-0.25, -0.2) is 4.79 Å². The monoisotopic (exact) mass is 590 g/mol. The predicted molar refractivity (Wildman–Crippen MR) is 168 cm³/mol. The Morgan fingerprint density at radius 1 is 1.12 bits per heavy atom. The maximum atomic E-state index is 14.2. The number of nitro benzene ring substituents is 1. The molecule has 1 heterocycles. The first kappa shape index (κ1) is 33.0. The molecule has 0 spiro atoms. The van der Waals surface area contributed by atoms with Gasteiger partial charge in [0.1, 0.15) is 11.7 Å². The summed E-state index contributed by atoms with van der Waals surface area (Å²) < 4.78 is 6.83. The van der Waals surface area contributed by atoms with E-state index in [1.54, 1.807) is 49.6 Å². The number of nitrogens with one attached hydrogen (secondary N) is 1. The largest absolute Gasteiger partial charge is 0.463 e. The molecule has 43 heavy (non-hydrogen) atoms. The number of rotatable bonds is 10. The summed E-state index contributed by atoms with van der Waals surface area (Å²) in [6, 6.07) is 12.4. The molecule has 1 aromatic heterocycles. The van der Waals surface area contributed by atoms with Crippen LogP contribution in [0.15, 0.2) is 60.2 Å². The van der Waals surface area contributed by atoms with Crippen molar-refractivity contribution in [2.75, 3.05) is 13.7 Å². The molecule has 0 aliphatic carbocycles. The third-order valence-electron chi connectivity index (χ3n) is 7.56. The number of non-ortho nitro benzene ring substituents is 1. The van der Waals surface area contributed by atoms with Crippen LogP contribution in [0.5, 0.6) is 0 Å². The molecule has 2 aromatic carbocycles. The van der Waals surface area contributed by atoms with Gasteiger partial charge in [-0.05, 0) is 36.8 Å². The topological polar surface area (TPSA) is 124 Å². The van der Waals surface area contributed by atoms with Gasteiger partial charge in [0.25, 0.3) is 11.6 Å². The highest BCUT2D eigenvalue weighted by Crippen LogP contribution is 2.37. The molecular formula is C33H42N4O6. The van der Waals surface area contributed by atoms with E-state index in [0.717, 1.165) is 0 Å². The highest BCUT2D eigenvalue weighted by molar-refractivity contribution is 6.11. The van der Waals surface area contributed by atoms with Gasteiger partial charge in [-0.2, -0.15) is 0 Å². The van der Waals surface area contributed by atoms with E-state index in [9.17, 15) is 24.5 Å². The van der Waals surface area contributed by atoms with Gasteiger partial charge in [-0.1, -0.05) is 71.0 Å². The zero-order valence-corrected chi connectivity index (χ0v) is 26.4. The second-order valence-electron chi connectivity index (χ2n) is 12.1. The molecule has 2 atom stereocenters. The number of ether oxygens (including phenoxy) is 1. The van der Waals surface area contributed by atoms with Crippen LogP contribution >= 0.6 is 0 Å². The summed E-state index contributed by atoms with van der Waals surface area (Å²) in [4.78, 5) is 53.3. The third kappa shape index (κ3) is 7.13. The van der Waals surface area contributed by atoms with E-state index in [2.05, 4.69) is 5.32 Å². The zero-order valence-electron chi connectivity index (χ0n) is 26.4. The quantitative estimate of drug-likeness (QED) is 0.136. The van der Waals surface area contributed by atoms with E-state index in [1.807, 2.05) is 65.0 Å². The molecule has 10 nitrogen and oxygen atoms in total. The first-order chi connectivity index (χ1) is 20.1.